The van der Waals surface area contributed by atoms with Crippen molar-refractivity contribution in [3.63, 3.8) is 0 Å². The summed E-state index contributed by atoms with van der Waals surface area (Å²) in [6.45, 7) is 3.69. The average molecular weight is 464 g/mol. The summed E-state index contributed by atoms with van der Waals surface area (Å²) in [4.78, 5) is 17.0. The topological polar surface area (TPSA) is 35.6 Å². The average Bonchev–Trinajstić information content (AvgIpc) is 2.81. The molecule has 4 nitrogen and oxygen atoms in total. The molecule has 0 spiro atoms. The van der Waals surface area contributed by atoms with Crippen molar-refractivity contribution in [2.24, 2.45) is 0 Å². The Labute approximate surface area is 186 Å². The number of rotatable bonds is 5. The van der Waals surface area contributed by atoms with Gasteiger partial charge in [0.1, 0.15) is 0 Å². The van der Waals surface area contributed by atoms with Crippen LogP contribution in [0.25, 0.3) is 0 Å². The van der Waals surface area contributed by atoms with E-state index < -0.39 is 0 Å². The lowest BCUT2D eigenvalue weighted by molar-refractivity contribution is 0.120. The molecule has 5 heteroatoms. The summed E-state index contributed by atoms with van der Waals surface area (Å²) in [6, 6.07) is 29.5. The van der Waals surface area contributed by atoms with Gasteiger partial charge in [0.2, 0.25) is 0 Å². The van der Waals surface area contributed by atoms with Crippen molar-refractivity contribution in [3.8, 4) is 0 Å². The van der Waals surface area contributed by atoms with Crippen molar-refractivity contribution in [1.82, 2.24) is 15.1 Å². The molecule has 0 bridgehead atoms. The highest BCUT2D eigenvalue weighted by Crippen LogP contribution is 2.29. The van der Waals surface area contributed by atoms with E-state index in [-0.39, 0.29) is 12.1 Å². The first-order valence-electron chi connectivity index (χ1n) is 10.3. The van der Waals surface area contributed by atoms with E-state index >= 15 is 0 Å². The molecule has 154 valence electrons. The molecule has 1 heterocycles. The number of amides is 2. The molecule has 0 aromatic heterocycles. The van der Waals surface area contributed by atoms with Crippen LogP contribution in [0.4, 0.5) is 4.79 Å². The number of nitrogens with zero attached hydrogens (tertiary/aromatic N) is 2. The molecular weight excluding hydrogens is 438 g/mol. The van der Waals surface area contributed by atoms with Crippen LogP contribution >= 0.6 is 15.9 Å². The van der Waals surface area contributed by atoms with E-state index in [1.54, 1.807) is 0 Å². The molecule has 1 saturated heterocycles. The summed E-state index contributed by atoms with van der Waals surface area (Å²) in [5.41, 5.74) is 3.67. The number of urea groups is 1. The van der Waals surface area contributed by atoms with Crippen molar-refractivity contribution in [1.29, 1.82) is 0 Å². The maximum Gasteiger partial charge on any atom is 0.317 e. The van der Waals surface area contributed by atoms with Crippen molar-refractivity contribution in [2.75, 3.05) is 26.2 Å². The lowest BCUT2D eigenvalue weighted by atomic mass is 9.96. The Morgan fingerprint density at radius 3 is 1.87 bits per heavy atom. The van der Waals surface area contributed by atoms with Gasteiger partial charge in [-0.3, -0.25) is 4.90 Å². The van der Waals surface area contributed by atoms with E-state index in [0.29, 0.717) is 6.54 Å². The molecule has 0 aliphatic carbocycles. The Kier molecular flexibility index (Phi) is 6.82. The lowest BCUT2D eigenvalue weighted by Gasteiger charge is -2.39. The highest BCUT2D eigenvalue weighted by atomic mass is 79.9. The van der Waals surface area contributed by atoms with Crippen LogP contribution in [0.15, 0.2) is 89.4 Å². The second kappa shape index (κ2) is 9.92. The Morgan fingerprint density at radius 1 is 0.800 bits per heavy atom. The van der Waals surface area contributed by atoms with Gasteiger partial charge < -0.3 is 10.2 Å². The fourth-order valence-corrected chi connectivity index (χ4v) is 4.22. The molecule has 2 amide bonds. The Hall–Kier alpha value is -2.63. The molecule has 4 rings (SSSR count). The number of benzene rings is 3. The zero-order chi connectivity index (χ0) is 20.8. The second-order valence-corrected chi connectivity index (χ2v) is 8.45. The maximum absolute atomic E-state index is 12.6. The van der Waals surface area contributed by atoms with Gasteiger partial charge in [-0.25, -0.2) is 4.79 Å². The van der Waals surface area contributed by atoms with Gasteiger partial charge >= 0.3 is 6.03 Å². The summed E-state index contributed by atoms with van der Waals surface area (Å²) < 4.78 is 1.04. The van der Waals surface area contributed by atoms with Crippen LogP contribution in [-0.4, -0.2) is 42.0 Å². The van der Waals surface area contributed by atoms with Crippen LogP contribution in [0.5, 0.6) is 0 Å². The molecule has 1 aliphatic heterocycles. The van der Waals surface area contributed by atoms with Gasteiger partial charge in [0.05, 0.1) is 6.04 Å². The van der Waals surface area contributed by atoms with Gasteiger partial charge in [0, 0.05) is 37.2 Å². The van der Waals surface area contributed by atoms with Crippen LogP contribution in [0.2, 0.25) is 0 Å². The fourth-order valence-electron chi connectivity index (χ4n) is 3.96. The minimum absolute atomic E-state index is 0.00791. The second-order valence-electron chi connectivity index (χ2n) is 7.53. The Bertz CT molecular complexity index is 900. The molecule has 3 aromatic carbocycles. The van der Waals surface area contributed by atoms with Crippen molar-refractivity contribution < 1.29 is 4.79 Å². The maximum atomic E-state index is 12.6. The largest absolute Gasteiger partial charge is 0.334 e. The third-order valence-electron chi connectivity index (χ3n) is 5.55. The standard InChI is InChI=1S/C25H26BrN3O/c26-23-13-11-20(12-14-23)19-27-25(30)29-17-15-28(16-18-29)24(21-7-3-1-4-8-21)22-9-5-2-6-10-22/h1-14,24H,15-19H2,(H,27,30). The number of carbonyl (C=O) groups is 1. The third-order valence-corrected chi connectivity index (χ3v) is 6.08. The highest BCUT2D eigenvalue weighted by Gasteiger charge is 2.27. The van der Waals surface area contributed by atoms with Crippen molar-refractivity contribution in [3.05, 3.63) is 106 Å². The van der Waals surface area contributed by atoms with Gasteiger partial charge in [0.15, 0.2) is 0 Å². The zero-order valence-electron chi connectivity index (χ0n) is 16.9. The molecule has 30 heavy (non-hydrogen) atoms. The van der Waals surface area contributed by atoms with Crippen LogP contribution < -0.4 is 5.32 Å². The summed E-state index contributed by atoms with van der Waals surface area (Å²) in [5, 5.41) is 3.05. The summed E-state index contributed by atoms with van der Waals surface area (Å²) in [5.74, 6) is 0. The van der Waals surface area contributed by atoms with Gasteiger partial charge in [-0.05, 0) is 28.8 Å². The first-order valence-corrected chi connectivity index (χ1v) is 11.1. The quantitative estimate of drug-likeness (QED) is 0.573. The molecule has 1 N–H and O–H groups in total. The molecule has 1 fully saturated rings. The first-order chi connectivity index (χ1) is 14.7. The van der Waals surface area contributed by atoms with Crippen LogP contribution in [-0.2, 0) is 6.54 Å². The van der Waals surface area contributed by atoms with Crippen molar-refractivity contribution in [2.45, 2.75) is 12.6 Å². The highest BCUT2D eigenvalue weighted by molar-refractivity contribution is 9.10. The molecule has 0 saturated carbocycles. The predicted octanol–water partition coefficient (Wildman–Crippen LogP) is 5.07. The van der Waals surface area contributed by atoms with E-state index in [2.05, 4.69) is 86.8 Å². The normalized spacial score (nSPS) is 14.7. The van der Waals surface area contributed by atoms with Crippen LogP contribution in [0.3, 0.4) is 0 Å². The van der Waals surface area contributed by atoms with Gasteiger partial charge in [-0.1, -0.05) is 88.7 Å². The van der Waals surface area contributed by atoms with E-state index in [1.165, 1.54) is 11.1 Å². The lowest BCUT2D eigenvalue weighted by Crippen LogP contribution is -2.52. The summed E-state index contributed by atoms with van der Waals surface area (Å²) >= 11 is 3.44. The number of piperazine rings is 1. The zero-order valence-corrected chi connectivity index (χ0v) is 18.5. The van der Waals surface area contributed by atoms with Crippen molar-refractivity contribution >= 4 is 22.0 Å². The first kappa shape index (κ1) is 20.6. The third kappa shape index (κ3) is 5.10. The minimum Gasteiger partial charge on any atom is -0.334 e. The Balaban J connectivity index is 1.38. The summed E-state index contributed by atoms with van der Waals surface area (Å²) in [7, 11) is 0. The van der Waals surface area contributed by atoms with Gasteiger partial charge in [-0.15, -0.1) is 0 Å². The van der Waals surface area contributed by atoms with E-state index in [0.717, 1.165) is 36.2 Å². The molecule has 3 aromatic rings. The monoisotopic (exact) mass is 463 g/mol. The molecule has 1 aliphatic rings. The van der Waals surface area contributed by atoms with E-state index in [1.807, 2.05) is 29.2 Å². The summed E-state index contributed by atoms with van der Waals surface area (Å²) in [6.07, 6.45) is 0. The molecular formula is C25H26BrN3O. The molecule has 0 atom stereocenters. The number of hydrogen-bond acceptors (Lipinski definition) is 2. The van der Waals surface area contributed by atoms with E-state index in [4.69, 9.17) is 0 Å². The van der Waals surface area contributed by atoms with Crippen LogP contribution in [0, 0.1) is 0 Å². The molecule has 0 unspecified atom stereocenters. The van der Waals surface area contributed by atoms with Gasteiger partial charge in [-0.2, -0.15) is 0 Å². The Morgan fingerprint density at radius 2 is 1.33 bits per heavy atom. The number of halogens is 1. The minimum atomic E-state index is 0.00791. The fraction of sp³-hybridized carbons (Fsp3) is 0.240. The van der Waals surface area contributed by atoms with E-state index in [9.17, 15) is 4.79 Å². The SMILES string of the molecule is O=C(NCc1ccc(Br)cc1)N1CCN(C(c2ccccc2)c2ccccc2)CC1. The van der Waals surface area contributed by atoms with Crippen LogP contribution in [0.1, 0.15) is 22.7 Å². The number of hydrogen-bond donors (Lipinski definition) is 1. The molecule has 0 radical (unpaired) electrons. The number of nitrogens with one attached hydrogen (secondary N) is 1. The predicted molar refractivity (Wildman–Crippen MR) is 124 cm³/mol. The van der Waals surface area contributed by atoms with Gasteiger partial charge in [0.25, 0.3) is 0 Å². The number of carbonyl (C=O) groups excluding carboxylic acids is 1. The smallest absolute Gasteiger partial charge is 0.317 e.